The predicted molar refractivity (Wildman–Crippen MR) is 86.9 cm³/mol. The summed E-state index contributed by atoms with van der Waals surface area (Å²) in [6.07, 6.45) is 1.41. The van der Waals surface area contributed by atoms with E-state index in [-0.39, 0.29) is 0 Å². The zero-order chi connectivity index (χ0) is 15.0. The first-order valence-electron chi connectivity index (χ1n) is 7.25. The normalized spacial score (nSPS) is 14.5. The summed E-state index contributed by atoms with van der Waals surface area (Å²) in [6, 6.07) is 8.37. The van der Waals surface area contributed by atoms with Crippen molar-refractivity contribution in [2.45, 2.75) is 38.8 Å². The monoisotopic (exact) mass is 343 g/mol. The van der Waals surface area contributed by atoms with E-state index >= 15 is 0 Å². The molecule has 0 aliphatic rings. The summed E-state index contributed by atoms with van der Waals surface area (Å²) < 4.78 is 6.14. The molecule has 1 aromatic rings. The number of rotatable bonds is 9. The molecule has 0 radical (unpaired) electrons. The van der Waals surface area contributed by atoms with Crippen LogP contribution in [0.4, 0.5) is 0 Å². The Labute approximate surface area is 131 Å². The minimum absolute atomic E-state index is 0.431. The van der Waals surface area contributed by atoms with E-state index in [4.69, 9.17) is 4.74 Å². The molecule has 0 aliphatic carbocycles. The highest BCUT2D eigenvalue weighted by Crippen LogP contribution is 2.25. The minimum atomic E-state index is -0.431. The number of hydrogen-bond acceptors (Lipinski definition) is 3. The molecule has 0 aromatic heterocycles. The second-order valence-corrected chi connectivity index (χ2v) is 5.97. The van der Waals surface area contributed by atoms with E-state index < -0.39 is 6.10 Å². The molecule has 0 amide bonds. The van der Waals surface area contributed by atoms with Crippen molar-refractivity contribution < 1.29 is 9.84 Å². The standard InChI is InChI=1S/C16H26BrNO2/c1-4-13(2)18(11-12-20-3)10-9-16(19)14-7-5-6-8-15(14)17/h5-8,13,16,19H,4,9-12H2,1-3H3. The van der Waals surface area contributed by atoms with Gasteiger partial charge < -0.3 is 9.84 Å². The predicted octanol–water partition coefficient (Wildman–Crippen LogP) is 3.62. The first-order valence-corrected chi connectivity index (χ1v) is 8.04. The van der Waals surface area contributed by atoms with Gasteiger partial charge in [-0.05, 0) is 31.4 Å². The van der Waals surface area contributed by atoms with Gasteiger partial charge in [-0.2, -0.15) is 0 Å². The smallest absolute Gasteiger partial charge is 0.0813 e. The van der Waals surface area contributed by atoms with Crippen LogP contribution in [0, 0.1) is 0 Å². The lowest BCUT2D eigenvalue weighted by atomic mass is 10.1. The first-order chi connectivity index (χ1) is 9.60. The van der Waals surface area contributed by atoms with Gasteiger partial charge in [0, 0.05) is 30.7 Å². The molecule has 0 saturated heterocycles. The van der Waals surface area contributed by atoms with Gasteiger partial charge in [0.2, 0.25) is 0 Å². The molecule has 2 atom stereocenters. The maximum atomic E-state index is 10.3. The van der Waals surface area contributed by atoms with Gasteiger partial charge in [0.1, 0.15) is 0 Å². The average molecular weight is 344 g/mol. The van der Waals surface area contributed by atoms with Crippen LogP contribution < -0.4 is 0 Å². The van der Waals surface area contributed by atoms with Crippen LogP contribution in [-0.4, -0.2) is 42.9 Å². The summed E-state index contributed by atoms with van der Waals surface area (Å²) in [5, 5.41) is 10.3. The lowest BCUT2D eigenvalue weighted by molar-refractivity contribution is 0.0964. The molecule has 1 N–H and O–H groups in total. The highest BCUT2D eigenvalue weighted by atomic mass is 79.9. The van der Waals surface area contributed by atoms with Crippen LogP contribution in [0.1, 0.15) is 38.4 Å². The van der Waals surface area contributed by atoms with E-state index in [1.807, 2.05) is 24.3 Å². The van der Waals surface area contributed by atoms with Crippen molar-refractivity contribution in [1.29, 1.82) is 0 Å². The molecule has 3 nitrogen and oxygen atoms in total. The summed E-state index contributed by atoms with van der Waals surface area (Å²) in [4.78, 5) is 2.38. The molecular weight excluding hydrogens is 318 g/mol. The van der Waals surface area contributed by atoms with Crippen LogP contribution in [0.2, 0.25) is 0 Å². The Balaban J connectivity index is 2.55. The molecule has 1 rings (SSSR count). The van der Waals surface area contributed by atoms with Crippen LogP contribution in [0.5, 0.6) is 0 Å². The number of nitrogens with zero attached hydrogens (tertiary/aromatic N) is 1. The molecule has 4 heteroatoms. The van der Waals surface area contributed by atoms with Gasteiger partial charge >= 0.3 is 0 Å². The molecule has 0 saturated carbocycles. The van der Waals surface area contributed by atoms with Crippen molar-refractivity contribution in [1.82, 2.24) is 4.90 Å². The van der Waals surface area contributed by atoms with Gasteiger partial charge in [-0.15, -0.1) is 0 Å². The van der Waals surface area contributed by atoms with Crippen LogP contribution in [-0.2, 0) is 4.74 Å². The molecule has 0 aliphatic heterocycles. The number of aliphatic hydroxyl groups is 1. The highest BCUT2D eigenvalue weighted by molar-refractivity contribution is 9.10. The van der Waals surface area contributed by atoms with Crippen molar-refractivity contribution in [3.8, 4) is 0 Å². The fourth-order valence-corrected chi connectivity index (χ4v) is 2.76. The Kier molecular flexibility index (Phi) is 8.38. The van der Waals surface area contributed by atoms with E-state index in [9.17, 15) is 5.11 Å². The molecule has 0 bridgehead atoms. The molecular formula is C16H26BrNO2. The zero-order valence-corrected chi connectivity index (χ0v) is 14.3. The van der Waals surface area contributed by atoms with Crippen LogP contribution in [0.25, 0.3) is 0 Å². The van der Waals surface area contributed by atoms with Gasteiger partial charge in [0.25, 0.3) is 0 Å². The Morgan fingerprint density at radius 2 is 2.00 bits per heavy atom. The van der Waals surface area contributed by atoms with Crippen molar-refractivity contribution in [3.05, 3.63) is 34.3 Å². The van der Waals surface area contributed by atoms with E-state index in [1.165, 1.54) is 0 Å². The Hall–Kier alpha value is -0.420. The Morgan fingerprint density at radius 3 is 2.60 bits per heavy atom. The van der Waals surface area contributed by atoms with Gasteiger partial charge in [-0.3, -0.25) is 4.90 Å². The van der Waals surface area contributed by atoms with Crippen LogP contribution in [0.15, 0.2) is 28.7 Å². The van der Waals surface area contributed by atoms with Crippen molar-refractivity contribution >= 4 is 15.9 Å². The summed E-state index contributed by atoms with van der Waals surface area (Å²) in [5.74, 6) is 0. The SMILES string of the molecule is CCC(C)N(CCOC)CCC(O)c1ccccc1Br. The average Bonchev–Trinajstić information content (AvgIpc) is 2.46. The largest absolute Gasteiger partial charge is 0.388 e. The third-order valence-corrected chi connectivity index (χ3v) is 4.47. The molecule has 1 aromatic carbocycles. The number of aliphatic hydroxyl groups excluding tert-OH is 1. The van der Waals surface area contributed by atoms with Gasteiger partial charge in [-0.1, -0.05) is 41.1 Å². The van der Waals surface area contributed by atoms with Gasteiger partial charge in [-0.25, -0.2) is 0 Å². The fraction of sp³-hybridized carbons (Fsp3) is 0.625. The summed E-state index contributed by atoms with van der Waals surface area (Å²) >= 11 is 3.49. The second kappa shape index (κ2) is 9.50. The number of ether oxygens (including phenoxy) is 1. The highest BCUT2D eigenvalue weighted by Gasteiger charge is 2.16. The van der Waals surface area contributed by atoms with Crippen molar-refractivity contribution in [2.75, 3.05) is 26.8 Å². The maximum absolute atomic E-state index is 10.3. The number of benzene rings is 1. The lowest BCUT2D eigenvalue weighted by Crippen LogP contribution is -2.36. The zero-order valence-electron chi connectivity index (χ0n) is 12.7. The quantitative estimate of drug-likeness (QED) is 0.743. The molecule has 114 valence electrons. The van der Waals surface area contributed by atoms with Gasteiger partial charge in [0.05, 0.1) is 12.7 Å². The lowest BCUT2D eigenvalue weighted by Gasteiger charge is -2.29. The maximum Gasteiger partial charge on any atom is 0.0813 e. The van der Waals surface area contributed by atoms with E-state index in [2.05, 4.69) is 34.7 Å². The van der Waals surface area contributed by atoms with Crippen molar-refractivity contribution in [3.63, 3.8) is 0 Å². The minimum Gasteiger partial charge on any atom is -0.388 e. The topological polar surface area (TPSA) is 32.7 Å². The second-order valence-electron chi connectivity index (χ2n) is 5.11. The number of methoxy groups -OCH3 is 1. The van der Waals surface area contributed by atoms with Gasteiger partial charge in [0.15, 0.2) is 0 Å². The Bertz CT molecular complexity index is 386. The third kappa shape index (κ3) is 5.52. The summed E-state index contributed by atoms with van der Waals surface area (Å²) in [5.41, 5.74) is 0.961. The number of halogens is 1. The number of hydrogen-bond donors (Lipinski definition) is 1. The van der Waals surface area contributed by atoms with Crippen LogP contribution in [0.3, 0.4) is 0 Å². The fourth-order valence-electron chi connectivity index (χ4n) is 2.21. The Morgan fingerprint density at radius 1 is 1.30 bits per heavy atom. The molecule has 20 heavy (non-hydrogen) atoms. The summed E-state index contributed by atoms with van der Waals surface area (Å²) in [6.45, 7) is 6.93. The van der Waals surface area contributed by atoms with E-state index in [0.717, 1.165) is 42.6 Å². The van der Waals surface area contributed by atoms with E-state index in [1.54, 1.807) is 7.11 Å². The molecule has 2 unspecified atom stereocenters. The van der Waals surface area contributed by atoms with Crippen molar-refractivity contribution in [2.24, 2.45) is 0 Å². The first kappa shape index (κ1) is 17.6. The third-order valence-electron chi connectivity index (χ3n) is 3.75. The molecule has 0 fully saturated rings. The van der Waals surface area contributed by atoms with E-state index in [0.29, 0.717) is 6.04 Å². The molecule has 0 heterocycles. The van der Waals surface area contributed by atoms with Crippen LogP contribution >= 0.6 is 15.9 Å². The summed E-state index contributed by atoms with van der Waals surface area (Å²) in [7, 11) is 1.73. The molecule has 0 spiro atoms.